The third kappa shape index (κ3) is 3.99. The molecule has 2 heterocycles. The maximum Gasteiger partial charge on any atom is 0.418 e. The van der Waals surface area contributed by atoms with Gasteiger partial charge in [-0.05, 0) is 31.0 Å². The summed E-state index contributed by atoms with van der Waals surface area (Å²) in [7, 11) is 0. The zero-order valence-corrected chi connectivity index (χ0v) is 17.8. The molecule has 1 saturated heterocycles. The number of benzene rings is 3. The molecule has 5 rings (SSSR count). The first-order chi connectivity index (χ1) is 16.2. The molecule has 0 saturated carbocycles. The minimum atomic E-state index is -4.66. The molecular weight excluding hydrogens is 456 g/mol. The van der Waals surface area contributed by atoms with Crippen LogP contribution in [0.5, 0.6) is 0 Å². The van der Waals surface area contributed by atoms with E-state index < -0.39 is 41.3 Å². The predicted molar refractivity (Wildman–Crippen MR) is 117 cm³/mol. The van der Waals surface area contributed by atoms with Crippen LogP contribution in [0.3, 0.4) is 0 Å². The van der Waals surface area contributed by atoms with Crippen LogP contribution < -0.4 is 4.90 Å². The molecule has 3 aromatic carbocycles. The minimum absolute atomic E-state index is 0.201. The Morgan fingerprint density at radius 2 is 1.50 bits per heavy atom. The first-order valence-corrected chi connectivity index (χ1v) is 10.8. The third-order valence-corrected chi connectivity index (χ3v) is 6.10. The number of fused-ring (bicyclic) bond motifs is 1. The Morgan fingerprint density at radius 1 is 0.853 bits per heavy atom. The average Bonchev–Trinajstić information content (AvgIpc) is 3.43. The summed E-state index contributed by atoms with van der Waals surface area (Å²) in [6.45, 7) is 1.35. The molecule has 1 fully saturated rings. The number of aromatic nitrogens is 2. The molecule has 1 aliphatic rings. The van der Waals surface area contributed by atoms with Crippen LogP contribution in [-0.2, 0) is 12.7 Å². The third-order valence-electron chi connectivity index (χ3n) is 6.10. The van der Waals surface area contributed by atoms with Gasteiger partial charge in [-0.2, -0.15) is 18.3 Å². The molecule has 0 atom stereocenters. The fourth-order valence-corrected chi connectivity index (χ4v) is 4.48. The Labute approximate surface area is 191 Å². The molecule has 176 valence electrons. The van der Waals surface area contributed by atoms with Crippen LogP contribution in [0, 0.1) is 17.5 Å². The van der Waals surface area contributed by atoms with Gasteiger partial charge in [0.1, 0.15) is 23.0 Å². The normalized spacial score (nSPS) is 14.4. The number of anilines is 1. The molecule has 0 radical (unpaired) electrons. The van der Waals surface area contributed by atoms with E-state index in [1.807, 2.05) is 12.1 Å². The topological polar surface area (TPSA) is 21.1 Å². The molecule has 3 nitrogen and oxygen atoms in total. The first kappa shape index (κ1) is 22.3. The molecule has 0 unspecified atom stereocenters. The molecule has 34 heavy (non-hydrogen) atoms. The van der Waals surface area contributed by atoms with Crippen molar-refractivity contribution in [2.75, 3.05) is 18.0 Å². The largest absolute Gasteiger partial charge is 0.418 e. The second-order valence-electron chi connectivity index (χ2n) is 8.29. The number of hydrogen-bond acceptors (Lipinski definition) is 2. The predicted octanol–water partition coefficient (Wildman–Crippen LogP) is 6.79. The van der Waals surface area contributed by atoms with Crippen molar-refractivity contribution < 1.29 is 26.3 Å². The molecule has 0 aliphatic carbocycles. The van der Waals surface area contributed by atoms with Gasteiger partial charge in [-0.1, -0.05) is 24.3 Å². The second-order valence-corrected chi connectivity index (χ2v) is 8.29. The Kier molecular flexibility index (Phi) is 5.50. The summed E-state index contributed by atoms with van der Waals surface area (Å²) in [5, 5.41) is 4.32. The zero-order valence-electron chi connectivity index (χ0n) is 17.8. The summed E-state index contributed by atoms with van der Waals surface area (Å²) in [5.41, 5.74) is 0.0705. The van der Waals surface area contributed by atoms with Crippen LogP contribution in [-0.4, -0.2) is 22.9 Å². The van der Waals surface area contributed by atoms with Gasteiger partial charge in [0.2, 0.25) is 0 Å². The maximum absolute atomic E-state index is 14.4. The van der Waals surface area contributed by atoms with Crippen molar-refractivity contribution in [2.45, 2.75) is 25.6 Å². The van der Waals surface area contributed by atoms with E-state index in [4.69, 9.17) is 0 Å². The quantitative estimate of drug-likeness (QED) is 0.303. The summed E-state index contributed by atoms with van der Waals surface area (Å²) in [5.74, 6) is -3.35. The summed E-state index contributed by atoms with van der Waals surface area (Å²) >= 11 is 0. The summed E-state index contributed by atoms with van der Waals surface area (Å²) in [6.07, 6.45) is -2.48. The van der Waals surface area contributed by atoms with Gasteiger partial charge in [-0.3, -0.25) is 4.68 Å². The van der Waals surface area contributed by atoms with Crippen molar-refractivity contribution in [2.24, 2.45) is 0 Å². The highest BCUT2D eigenvalue weighted by Crippen LogP contribution is 2.38. The first-order valence-electron chi connectivity index (χ1n) is 10.8. The minimum Gasteiger partial charge on any atom is -0.372 e. The Morgan fingerprint density at radius 3 is 2.12 bits per heavy atom. The molecule has 1 aliphatic heterocycles. The fraction of sp³-hybridized carbons (Fsp3) is 0.240. The van der Waals surface area contributed by atoms with Crippen LogP contribution in [0.2, 0.25) is 0 Å². The van der Waals surface area contributed by atoms with Gasteiger partial charge >= 0.3 is 6.18 Å². The number of hydrogen-bond donors (Lipinski definition) is 0. The summed E-state index contributed by atoms with van der Waals surface area (Å²) in [4.78, 5) is 2.21. The van der Waals surface area contributed by atoms with Crippen molar-refractivity contribution in [3.05, 3.63) is 83.2 Å². The Hall–Kier alpha value is -3.49. The molecule has 9 heteroatoms. The van der Waals surface area contributed by atoms with E-state index in [0.717, 1.165) is 42.4 Å². The molecule has 0 bridgehead atoms. The number of nitrogens with zero attached hydrogens (tertiary/aromatic N) is 3. The lowest BCUT2D eigenvalue weighted by molar-refractivity contribution is -0.136. The van der Waals surface area contributed by atoms with E-state index >= 15 is 0 Å². The van der Waals surface area contributed by atoms with Crippen molar-refractivity contribution in [3.8, 4) is 11.3 Å². The van der Waals surface area contributed by atoms with Gasteiger partial charge in [0.05, 0.1) is 17.8 Å². The number of alkyl halides is 3. The van der Waals surface area contributed by atoms with Gasteiger partial charge in [-0.15, -0.1) is 0 Å². The van der Waals surface area contributed by atoms with E-state index in [1.165, 1.54) is 12.1 Å². The van der Waals surface area contributed by atoms with E-state index in [9.17, 15) is 26.3 Å². The van der Waals surface area contributed by atoms with E-state index in [1.54, 1.807) is 12.1 Å². The molecule has 0 spiro atoms. The Balaban J connectivity index is 1.67. The lowest BCUT2D eigenvalue weighted by Gasteiger charge is -2.18. The van der Waals surface area contributed by atoms with Crippen LogP contribution in [0.1, 0.15) is 24.0 Å². The number of halogens is 6. The molecule has 0 amide bonds. The van der Waals surface area contributed by atoms with E-state index in [-0.39, 0.29) is 16.6 Å². The molecule has 0 N–H and O–H groups in total. The molecular formula is C25H19F6N3. The van der Waals surface area contributed by atoms with Crippen LogP contribution in [0.25, 0.3) is 22.2 Å². The highest BCUT2D eigenvalue weighted by molar-refractivity contribution is 5.95. The fourth-order valence-electron chi connectivity index (χ4n) is 4.48. The smallest absolute Gasteiger partial charge is 0.372 e. The van der Waals surface area contributed by atoms with Crippen molar-refractivity contribution in [3.63, 3.8) is 0 Å². The highest BCUT2D eigenvalue weighted by atomic mass is 19.4. The second kappa shape index (κ2) is 8.38. The SMILES string of the molecule is Fc1cc(F)c(Cn2nc3c(C(F)(F)F)cccc3c2-c2ccc(N3CCCC3)cc2)c(F)c1. The molecule has 1 aromatic heterocycles. The van der Waals surface area contributed by atoms with Crippen LogP contribution in [0.15, 0.2) is 54.6 Å². The van der Waals surface area contributed by atoms with Crippen LogP contribution in [0.4, 0.5) is 32.0 Å². The highest BCUT2D eigenvalue weighted by Gasteiger charge is 2.34. The lowest BCUT2D eigenvalue weighted by Crippen LogP contribution is -2.17. The van der Waals surface area contributed by atoms with Gasteiger partial charge in [0.25, 0.3) is 0 Å². The van der Waals surface area contributed by atoms with Gasteiger partial charge < -0.3 is 4.90 Å². The summed E-state index contributed by atoms with van der Waals surface area (Å²) < 4.78 is 84.3. The lowest BCUT2D eigenvalue weighted by atomic mass is 10.0. The Bertz CT molecular complexity index is 1330. The zero-order chi connectivity index (χ0) is 24.0. The van der Waals surface area contributed by atoms with Gasteiger partial charge in [-0.25, -0.2) is 13.2 Å². The standard InChI is InChI=1S/C25H19F6N3/c26-16-12-21(27)19(22(28)13-16)14-34-24(15-6-8-17(9-7-15)33-10-1-2-11-33)18-4-3-5-20(23(18)32-34)25(29,30)31/h3-9,12-13H,1-2,10-11,14H2. The van der Waals surface area contributed by atoms with Gasteiger partial charge in [0, 0.05) is 47.4 Å². The monoisotopic (exact) mass is 475 g/mol. The molecule has 4 aromatic rings. The van der Waals surface area contributed by atoms with Crippen LogP contribution >= 0.6 is 0 Å². The van der Waals surface area contributed by atoms with Gasteiger partial charge in [0.15, 0.2) is 0 Å². The average molecular weight is 475 g/mol. The maximum atomic E-state index is 14.4. The van der Waals surface area contributed by atoms with Crippen molar-refractivity contribution in [1.29, 1.82) is 0 Å². The van der Waals surface area contributed by atoms with Crippen molar-refractivity contribution >= 4 is 16.6 Å². The van der Waals surface area contributed by atoms with Crippen molar-refractivity contribution in [1.82, 2.24) is 9.78 Å². The van der Waals surface area contributed by atoms with E-state index in [0.29, 0.717) is 17.7 Å². The summed E-state index contributed by atoms with van der Waals surface area (Å²) in [6, 6.07) is 12.0. The van der Waals surface area contributed by atoms with E-state index in [2.05, 4.69) is 10.00 Å². The number of rotatable bonds is 4.